The molecular formula is C21H29N6O12S3-. The van der Waals surface area contributed by atoms with Gasteiger partial charge in [0, 0.05) is 16.8 Å². The molecule has 0 saturated carbocycles. The van der Waals surface area contributed by atoms with Crippen LogP contribution < -0.4 is 11.5 Å². The van der Waals surface area contributed by atoms with Gasteiger partial charge in [-0.1, -0.05) is 18.2 Å². The fourth-order valence-corrected chi connectivity index (χ4v) is 5.72. The third kappa shape index (κ3) is 10.7. The van der Waals surface area contributed by atoms with Crippen LogP contribution in [-0.2, 0) is 40.9 Å². The lowest BCUT2D eigenvalue weighted by molar-refractivity contribution is -0.138. The fourth-order valence-electron chi connectivity index (χ4n) is 3.56. The Kier molecular flexibility index (Phi) is 12.5. The average molecular weight is 654 g/mol. The van der Waals surface area contributed by atoms with Gasteiger partial charge in [0.15, 0.2) is 17.7 Å². The zero-order valence-electron chi connectivity index (χ0n) is 21.8. The number of carboxylic acids is 1. The highest BCUT2D eigenvalue weighted by Crippen LogP contribution is 2.32. The number of nitrogens with two attached hydrogens (primary N) is 2. The number of nitrogens with zero attached hydrogens (tertiary/aromatic N) is 4. The first kappa shape index (κ1) is 35.2. The summed E-state index contributed by atoms with van der Waals surface area (Å²) in [5.74, 6) is 0.254. The Morgan fingerprint density at radius 2 is 1.71 bits per heavy atom. The smallest absolute Gasteiger partial charge is 0.320 e. The van der Waals surface area contributed by atoms with Crippen LogP contribution in [0.1, 0.15) is 12.6 Å². The minimum atomic E-state index is -5.17. The SMILES string of the molecule is C[S+](CC[C@H](N)C(=O)O)C[C@H]1O[C@@H](n2cnc3c(N)ncnc32)[C@H](O)[C@@H]1O.O=S(=O)(O)c1ccccc1.O=S(=O)([O-])[O-]. The number of rotatable bonds is 8. The molecule has 1 unspecified atom stereocenters. The lowest BCUT2D eigenvalue weighted by Crippen LogP contribution is -2.37. The molecule has 1 aliphatic heterocycles. The van der Waals surface area contributed by atoms with Crippen molar-refractivity contribution < 1.29 is 55.3 Å². The number of benzene rings is 1. The lowest BCUT2D eigenvalue weighted by Gasteiger charge is -2.16. The van der Waals surface area contributed by atoms with E-state index in [9.17, 15) is 23.4 Å². The van der Waals surface area contributed by atoms with Crippen LogP contribution in [0.3, 0.4) is 0 Å². The first-order valence-corrected chi connectivity index (χ1v) is 16.4. The topological polar surface area (TPSA) is 317 Å². The van der Waals surface area contributed by atoms with Gasteiger partial charge in [0.25, 0.3) is 10.1 Å². The molecule has 1 aliphatic rings. The summed E-state index contributed by atoms with van der Waals surface area (Å²) in [6, 6.07) is 6.51. The van der Waals surface area contributed by atoms with E-state index in [2.05, 4.69) is 15.0 Å². The van der Waals surface area contributed by atoms with Gasteiger partial charge in [0.05, 0.1) is 17.5 Å². The first-order valence-electron chi connectivity index (χ1n) is 11.6. The quantitative estimate of drug-likeness (QED) is 0.0843. The summed E-state index contributed by atoms with van der Waals surface area (Å²) in [6.45, 7) is 0. The maximum absolute atomic E-state index is 10.8. The van der Waals surface area contributed by atoms with Crippen LogP contribution >= 0.6 is 0 Å². The number of fused-ring (bicyclic) bond motifs is 1. The van der Waals surface area contributed by atoms with Crippen molar-refractivity contribution in [1.82, 2.24) is 19.5 Å². The highest BCUT2D eigenvalue weighted by Gasteiger charge is 2.46. The second-order valence-corrected chi connectivity index (χ2v) is 13.3. The van der Waals surface area contributed by atoms with Crippen molar-refractivity contribution in [2.24, 2.45) is 5.73 Å². The number of carbonyl (C=O) groups is 1. The number of aromatic nitrogens is 4. The van der Waals surface area contributed by atoms with Gasteiger partial charge in [-0.3, -0.25) is 22.3 Å². The predicted octanol–water partition coefficient (Wildman–Crippen LogP) is -2.33. The van der Waals surface area contributed by atoms with E-state index in [4.69, 9.17) is 43.4 Å². The highest BCUT2D eigenvalue weighted by molar-refractivity contribution is 7.96. The average Bonchev–Trinajstić information content (AvgIpc) is 3.44. The van der Waals surface area contributed by atoms with Gasteiger partial charge in [-0.05, 0) is 23.0 Å². The van der Waals surface area contributed by atoms with Crippen molar-refractivity contribution in [3.8, 4) is 0 Å². The van der Waals surface area contributed by atoms with Gasteiger partial charge in [-0.25, -0.2) is 15.0 Å². The second-order valence-electron chi connectivity index (χ2n) is 8.71. The Bertz CT molecular complexity index is 1530. The summed E-state index contributed by atoms with van der Waals surface area (Å²) in [5, 5.41) is 29.7. The maximum Gasteiger partial charge on any atom is 0.320 e. The minimum Gasteiger partial charge on any atom is -0.759 e. The zero-order valence-corrected chi connectivity index (χ0v) is 24.2. The molecule has 1 fully saturated rings. The lowest BCUT2D eigenvalue weighted by atomic mass is 10.1. The number of ether oxygens (including phenoxy) is 1. The largest absolute Gasteiger partial charge is 0.759 e. The molecule has 3 heterocycles. The molecule has 0 aliphatic carbocycles. The third-order valence-corrected chi connectivity index (χ3v) is 8.28. The van der Waals surface area contributed by atoms with E-state index in [1.54, 1.807) is 18.2 Å². The summed E-state index contributed by atoms with van der Waals surface area (Å²) in [7, 11) is -9.40. The molecule has 3 aromatic rings. The Morgan fingerprint density at radius 1 is 1.12 bits per heavy atom. The summed E-state index contributed by atoms with van der Waals surface area (Å²) in [5.41, 5.74) is 12.1. The third-order valence-electron chi connectivity index (χ3n) is 5.58. The minimum absolute atomic E-state index is 0.0741. The molecule has 21 heteroatoms. The number of nitrogen functional groups attached to an aromatic ring is 1. The number of carboxylic acid groups (broad SMARTS) is 1. The van der Waals surface area contributed by atoms with E-state index in [-0.39, 0.29) is 21.6 Å². The molecule has 4 rings (SSSR count). The highest BCUT2D eigenvalue weighted by atomic mass is 32.3. The van der Waals surface area contributed by atoms with Gasteiger partial charge < -0.3 is 40.6 Å². The maximum atomic E-state index is 10.8. The Balaban J connectivity index is 0.000000337. The number of imidazole rings is 1. The number of aliphatic carboxylic acids is 1. The zero-order chi connectivity index (χ0) is 31.8. The van der Waals surface area contributed by atoms with E-state index >= 15 is 0 Å². The van der Waals surface area contributed by atoms with E-state index in [0.717, 1.165) is 0 Å². The van der Waals surface area contributed by atoms with E-state index in [0.29, 0.717) is 29.1 Å². The molecule has 2 aromatic heterocycles. The van der Waals surface area contributed by atoms with Crippen LogP contribution in [0.5, 0.6) is 0 Å². The van der Waals surface area contributed by atoms with Crippen molar-refractivity contribution in [3.05, 3.63) is 43.0 Å². The van der Waals surface area contributed by atoms with Crippen LogP contribution in [0.4, 0.5) is 5.82 Å². The first-order chi connectivity index (χ1) is 19.4. The molecule has 42 heavy (non-hydrogen) atoms. The molecule has 1 saturated heterocycles. The molecule has 18 nitrogen and oxygen atoms in total. The van der Waals surface area contributed by atoms with Crippen LogP contribution in [0.2, 0.25) is 0 Å². The molecular weight excluding hydrogens is 624 g/mol. The van der Waals surface area contributed by atoms with Crippen molar-refractivity contribution in [1.29, 1.82) is 0 Å². The molecule has 234 valence electrons. The molecule has 0 amide bonds. The Labute approximate surface area is 243 Å². The van der Waals surface area contributed by atoms with Crippen LogP contribution in [0.25, 0.3) is 11.2 Å². The Morgan fingerprint density at radius 3 is 2.24 bits per heavy atom. The Hall–Kier alpha value is -2.99. The van der Waals surface area contributed by atoms with Gasteiger partial charge in [-0.2, -0.15) is 8.42 Å². The van der Waals surface area contributed by atoms with Gasteiger partial charge in [-0.15, -0.1) is 0 Å². The van der Waals surface area contributed by atoms with E-state index < -0.39 is 57.1 Å². The van der Waals surface area contributed by atoms with Crippen LogP contribution in [0, 0.1) is 0 Å². The second kappa shape index (κ2) is 15.0. The molecule has 8 N–H and O–H groups in total. The van der Waals surface area contributed by atoms with Crippen molar-refractivity contribution in [2.45, 2.75) is 41.9 Å². The van der Waals surface area contributed by atoms with Crippen LogP contribution in [0.15, 0.2) is 47.9 Å². The molecule has 0 radical (unpaired) electrons. The molecule has 1 aromatic carbocycles. The predicted molar refractivity (Wildman–Crippen MR) is 146 cm³/mol. The van der Waals surface area contributed by atoms with E-state index in [1.165, 1.54) is 29.4 Å². The molecule has 0 spiro atoms. The van der Waals surface area contributed by atoms with Crippen molar-refractivity contribution >= 4 is 54.4 Å². The summed E-state index contributed by atoms with van der Waals surface area (Å²) < 4.78 is 70.7. The van der Waals surface area contributed by atoms with Crippen molar-refractivity contribution in [2.75, 3.05) is 23.5 Å². The summed E-state index contributed by atoms with van der Waals surface area (Å²) in [4.78, 5) is 22.9. The van der Waals surface area contributed by atoms with E-state index in [1.807, 2.05) is 6.26 Å². The number of anilines is 1. The van der Waals surface area contributed by atoms with Gasteiger partial charge in [0.1, 0.15) is 47.7 Å². The standard InChI is InChI=1S/C15H22N6O5S.C6H6O3S.H2O4S/c1-27(3-2-7(16)15(24)25)4-8-10(22)11(23)14(26-8)21-6-20-9-12(17)18-5-19-13(9)21;7-10(8,9)6-4-2-1-3-5-6;1-5(2,3)4/h5-8,10-11,14,22-23H,2-4,16H2,1H3,(H2-,17,18,19,24,25);1-5H,(H,7,8,9);(H2,1,2,3,4)/p-1/t7-,8+,10+,11+,14+,27?;;/m0../s1. The summed E-state index contributed by atoms with van der Waals surface area (Å²) >= 11 is 0. The van der Waals surface area contributed by atoms with Crippen molar-refractivity contribution in [3.63, 3.8) is 0 Å². The molecule has 6 atom stereocenters. The molecule has 0 bridgehead atoms. The number of hydrogen-bond donors (Lipinski definition) is 6. The number of aliphatic hydroxyl groups is 2. The van der Waals surface area contributed by atoms with Gasteiger partial charge in [0.2, 0.25) is 0 Å². The fraction of sp³-hybridized carbons (Fsp3) is 0.429. The number of hydrogen-bond acceptors (Lipinski definition) is 15. The monoisotopic (exact) mass is 653 g/mol. The summed E-state index contributed by atoms with van der Waals surface area (Å²) in [6.07, 6.45) is 1.31. The number of aliphatic hydroxyl groups excluding tert-OH is 2. The normalized spacial score (nSPS) is 21.9. The van der Waals surface area contributed by atoms with Crippen LogP contribution in [-0.4, -0.2) is 113 Å². The van der Waals surface area contributed by atoms with Gasteiger partial charge >= 0.3 is 5.97 Å².